The second kappa shape index (κ2) is 6.69. The van der Waals surface area contributed by atoms with Crippen LogP contribution in [-0.4, -0.2) is 39.5 Å². The normalized spacial score (nSPS) is 17.4. The molecular weight excluding hydrogens is 292 g/mol. The number of aliphatic carboxylic acids is 1. The van der Waals surface area contributed by atoms with Crippen molar-refractivity contribution in [3.63, 3.8) is 0 Å². The number of aromatic amines is 1. The molecule has 1 aromatic heterocycles. The topological polar surface area (TPSA) is 73.4 Å². The lowest BCUT2D eigenvalue weighted by Gasteiger charge is -2.21. The van der Waals surface area contributed by atoms with Crippen molar-refractivity contribution in [3.05, 3.63) is 48.2 Å². The van der Waals surface area contributed by atoms with Gasteiger partial charge in [0.05, 0.1) is 0 Å². The SMILES string of the molecule is O=C(O)[C@H]1CCCN1C(=O)CCc1ccc(-c2ccccc2)[nH]1. The van der Waals surface area contributed by atoms with E-state index in [1.165, 1.54) is 4.90 Å². The Labute approximate surface area is 134 Å². The summed E-state index contributed by atoms with van der Waals surface area (Å²) < 4.78 is 0. The van der Waals surface area contributed by atoms with E-state index in [-0.39, 0.29) is 5.91 Å². The lowest BCUT2D eigenvalue weighted by Crippen LogP contribution is -2.40. The summed E-state index contributed by atoms with van der Waals surface area (Å²) >= 11 is 0. The van der Waals surface area contributed by atoms with Gasteiger partial charge in [-0.1, -0.05) is 30.3 Å². The second-order valence-corrected chi connectivity index (χ2v) is 5.85. The van der Waals surface area contributed by atoms with Crippen LogP contribution in [0.5, 0.6) is 0 Å². The van der Waals surface area contributed by atoms with Crippen LogP contribution in [0.1, 0.15) is 25.0 Å². The van der Waals surface area contributed by atoms with Crippen molar-refractivity contribution in [1.29, 1.82) is 0 Å². The van der Waals surface area contributed by atoms with Crippen LogP contribution in [0.3, 0.4) is 0 Å². The number of carbonyl (C=O) groups is 2. The van der Waals surface area contributed by atoms with E-state index in [9.17, 15) is 9.59 Å². The van der Waals surface area contributed by atoms with Crippen molar-refractivity contribution in [2.75, 3.05) is 6.54 Å². The molecule has 5 nitrogen and oxygen atoms in total. The summed E-state index contributed by atoms with van der Waals surface area (Å²) in [7, 11) is 0. The zero-order valence-corrected chi connectivity index (χ0v) is 12.9. The predicted molar refractivity (Wildman–Crippen MR) is 86.9 cm³/mol. The highest BCUT2D eigenvalue weighted by atomic mass is 16.4. The lowest BCUT2D eigenvalue weighted by molar-refractivity contribution is -0.148. The zero-order valence-electron chi connectivity index (χ0n) is 12.9. The minimum absolute atomic E-state index is 0.0780. The molecule has 1 atom stereocenters. The first kappa shape index (κ1) is 15.3. The third-order valence-electron chi connectivity index (χ3n) is 4.30. The van der Waals surface area contributed by atoms with Crippen LogP contribution in [0.15, 0.2) is 42.5 Å². The summed E-state index contributed by atoms with van der Waals surface area (Å²) in [6.07, 6.45) is 2.25. The quantitative estimate of drug-likeness (QED) is 0.891. The van der Waals surface area contributed by atoms with Gasteiger partial charge in [0.25, 0.3) is 0 Å². The Morgan fingerprint density at radius 2 is 1.96 bits per heavy atom. The van der Waals surface area contributed by atoms with Gasteiger partial charge in [-0.2, -0.15) is 0 Å². The third kappa shape index (κ3) is 3.44. The lowest BCUT2D eigenvalue weighted by atomic mass is 10.2. The number of carboxylic acid groups (broad SMARTS) is 1. The van der Waals surface area contributed by atoms with Gasteiger partial charge in [-0.05, 0) is 37.0 Å². The third-order valence-corrected chi connectivity index (χ3v) is 4.30. The minimum atomic E-state index is -0.901. The molecule has 1 aromatic carbocycles. The highest BCUT2D eigenvalue weighted by Gasteiger charge is 2.33. The molecule has 2 N–H and O–H groups in total. The van der Waals surface area contributed by atoms with E-state index >= 15 is 0 Å². The average Bonchev–Trinajstić information content (AvgIpc) is 3.23. The number of benzene rings is 1. The van der Waals surface area contributed by atoms with Gasteiger partial charge >= 0.3 is 5.97 Å². The number of aryl methyl sites for hydroxylation is 1. The van der Waals surface area contributed by atoms with E-state index in [4.69, 9.17) is 5.11 Å². The molecule has 0 spiro atoms. The molecule has 1 aliphatic heterocycles. The molecule has 3 rings (SSSR count). The maximum Gasteiger partial charge on any atom is 0.326 e. The maximum absolute atomic E-state index is 12.3. The molecule has 0 unspecified atom stereocenters. The molecule has 2 aromatic rings. The number of carboxylic acids is 1. The average molecular weight is 312 g/mol. The standard InChI is InChI=1S/C18H20N2O3/c21-17(20-12-4-7-16(20)18(22)23)11-9-14-8-10-15(19-14)13-5-2-1-3-6-13/h1-3,5-6,8,10,16,19H,4,7,9,11-12H2,(H,22,23)/t16-/m1/s1. The number of nitrogens with zero attached hydrogens (tertiary/aromatic N) is 1. The molecular formula is C18H20N2O3. The van der Waals surface area contributed by atoms with Crippen molar-refractivity contribution in [3.8, 4) is 11.3 Å². The monoisotopic (exact) mass is 312 g/mol. The summed E-state index contributed by atoms with van der Waals surface area (Å²) in [6.45, 7) is 0.551. The van der Waals surface area contributed by atoms with Gasteiger partial charge < -0.3 is 15.0 Å². The molecule has 1 aliphatic rings. The number of carbonyl (C=O) groups excluding carboxylic acids is 1. The highest BCUT2D eigenvalue weighted by Crippen LogP contribution is 2.21. The van der Waals surface area contributed by atoms with Gasteiger partial charge in [0, 0.05) is 24.4 Å². The highest BCUT2D eigenvalue weighted by molar-refractivity contribution is 5.84. The molecule has 1 fully saturated rings. The largest absolute Gasteiger partial charge is 0.480 e. The van der Waals surface area contributed by atoms with E-state index in [1.807, 2.05) is 42.5 Å². The molecule has 23 heavy (non-hydrogen) atoms. The molecule has 1 amide bonds. The Hall–Kier alpha value is -2.56. The Bertz CT molecular complexity index is 693. The van der Waals surface area contributed by atoms with Crippen molar-refractivity contribution in [2.24, 2.45) is 0 Å². The fraction of sp³-hybridized carbons (Fsp3) is 0.333. The van der Waals surface area contributed by atoms with Crippen LogP contribution < -0.4 is 0 Å². The fourth-order valence-corrected chi connectivity index (χ4v) is 3.08. The summed E-state index contributed by atoms with van der Waals surface area (Å²) in [5.41, 5.74) is 3.12. The van der Waals surface area contributed by atoms with E-state index in [0.717, 1.165) is 23.4 Å². The molecule has 2 heterocycles. The number of hydrogen-bond acceptors (Lipinski definition) is 2. The van der Waals surface area contributed by atoms with E-state index in [0.29, 0.717) is 25.8 Å². The van der Waals surface area contributed by atoms with Crippen molar-refractivity contribution in [1.82, 2.24) is 9.88 Å². The van der Waals surface area contributed by atoms with Gasteiger partial charge in [-0.3, -0.25) is 4.79 Å². The predicted octanol–water partition coefficient (Wildman–Crippen LogP) is 2.69. The molecule has 0 bridgehead atoms. The smallest absolute Gasteiger partial charge is 0.326 e. The van der Waals surface area contributed by atoms with Crippen molar-refractivity contribution >= 4 is 11.9 Å². The number of likely N-dealkylation sites (tertiary alicyclic amines) is 1. The number of aromatic nitrogens is 1. The number of H-pyrrole nitrogens is 1. The first-order valence-corrected chi connectivity index (χ1v) is 7.91. The maximum atomic E-state index is 12.3. The number of nitrogens with one attached hydrogen (secondary N) is 1. The van der Waals surface area contributed by atoms with Crippen LogP contribution in [-0.2, 0) is 16.0 Å². The van der Waals surface area contributed by atoms with Crippen LogP contribution in [0.4, 0.5) is 0 Å². The minimum Gasteiger partial charge on any atom is -0.480 e. The molecule has 0 saturated carbocycles. The summed E-state index contributed by atoms with van der Waals surface area (Å²) in [5, 5.41) is 9.15. The van der Waals surface area contributed by atoms with Crippen molar-refractivity contribution < 1.29 is 14.7 Å². The second-order valence-electron chi connectivity index (χ2n) is 5.85. The first-order valence-electron chi connectivity index (χ1n) is 7.91. The van der Waals surface area contributed by atoms with Crippen LogP contribution in [0.2, 0.25) is 0 Å². The Morgan fingerprint density at radius 3 is 2.70 bits per heavy atom. The van der Waals surface area contributed by atoms with E-state index in [1.54, 1.807) is 0 Å². The van der Waals surface area contributed by atoms with Gasteiger partial charge in [0.1, 0.15) is 6.04 Å². The molecule has 0 radical (unpaired) electrons. The first-order chi connectivity index (χ1) is 11.1. The van der Waals surface area contributed by atoms with E-state index in [2.05, 4.69) is 4.98 Å². The van der Waals surface area contributed by atoms with Gasteiger partial charge in [0.15, 0.2) is 0 Å². The number of rotatable bonds is 5. The number of hydrogen-bond donors (Lipinski definition) is 2. The Kier molecular flexibility index (Phi) is 4.46. The number of amides is 1. The zero-order chi connectivity index (χ0) is 16.2. The molecule has 120 valence electrons. The molecule has 0 aliphatic carbocycles. The van der Waals surface area contributed by atoms with Crippen LogP contribution in [0, 0.1) is 0 Å². The van der Waals surface area contributed by atoms with E-state index < -0.39 is 12.0 Å². The Morgan fingerprint density at radius 1 is 1.17 bits per heavy atom. The summed E-state index contributed by atoms with van der Waals surface area (Å²) in [4.78, 5) is 28.2. The summed E-state index contributed by atoms with van der Waals surface area (Å²) in [5.74, 6) is -0.979. The summed E-state index contributed by atoms with van der Waals surface area (Å²) in [6, 6.07) is 13.3. The fourth-order valence-electron chi connectivity index (χ4n) is 3.08. The van der Waals surface area contributed by atoms with Gasteiger partial charge in [0.2, 0.25) is 5.91 Å². The molecule has 1 saturated heterocycles. The van der Waals surface area contributed by atoms with Crippen LogP contribution in [0.25, 0.3) is 11.3 Å². The van der Waals surface area contributed by atoms with Crippen molar-refractivity contribution in [2.45, 2.75) is 31.7 Å². The molecule has 5 heteroatoms. The Balaban J connectivity index is 1.60. The van der Waals surface area contributed by atoms with Gasteiger partial charge in [-0.15, -0.1) is 0 Å². The van der Waals surface area contributed by atoms with Crippen LogP contribution >= 0.6 is 0 Å². The van der Waals surface area contributed by atoms with Gasteiger partial charge in [-0.25, -0.2) is 4.79 Å².